The van der Waals surface area contributed by atoms with Gasteiger partial charge in [-0.2, -0.15) is 0 Å². The van der Waals surface area contributed by atoms with Crippen molar-refractivity contribution in [3.63, 3.8) is 0 Å². The van der Waals surface area contributed by atoms with Crippen molar-refractivity contribution in [2.45, 2.75) is 70.8 Å². The van der Waals surface area contributed by atoms with E-state index in [0.29, 0.717) is 25.2 Å². The van der Waals surface area contributed by atoms with Crippen LogP contribution in [-0.2, 0) is 9.59 Å². The summed E-state index contributed by atoms with van der Waals surface area (Å²) >= 11 is 0. The molecule has 4 aliphatic rings. The van der Waals surface area contributed by atoms with E-state index in [4.69, 9.17) is 0 Å². The number of rotatable bonds is 0. The van der Waals surface area contributed by atoms with Crippen molar-refractivity contribution in [1.82, 2.24) is 0 Å². The highest BCUT2D eigenvalue weighted by molar-refractivity contribution is 5.92. The van der Waals surface area contributed by atoms with Gasteiger partial charge in [0.25, 0.3) is 0 Å². The first kappa shape index (κ1) is 14.6. The molecule has 22 heavy (non-hydrogen) atoms. The molecule has 0 bridgehead atoms. The summed E-state index contributed by atoms with van der Waals surface area (Å²) < 4.78 is 0. The Morgan fingerprint density at radius 3 is 2.55 bits per heavy atom. The third-order valence-corrected chi connectivity index (χ3v) is 7.86. The molecule has 0 heterocycles. The average Bonchev–Trinajstić information content (AvgIpc) is 2.72. The summed E-state index contributed by atoms with van der Waals surface area (Å²) in [4.78, 5) is 24.2. The van der Waals surface area contributed by atoms with Crippen LogP contribution in [0.5, 0.6) is 0 Å². The van der Waals surface area contributed by atoms with E-state index in [0.717, 1.165) is 32.1 Å². The Balaban J connectivity index is 1.76. The second-order valence-electron chi connectivity index (χ2n) is 8.52. The molecular weight excluding hydrogens is 276 g/mol. The van der Waals surface area contributed by atoms with Crippen LogP contribution < -0.4 is 0 Å². The summed E-state index contributed by atoms with van der Waals surface area (Å²) in [6.07, 6.45) is 8.27. The van der Waals surface area contributed by atoms with Crippen LogP contribution in [0, 0.1) is 22.7 Å². The van der Waals surface area contributed by atoms with Crippen LogP contribution >= 0.6 is 0 Å². The molecule has 0 aromatic heterocycles. The molecule has 4 aliphatic carbocycles. The molecular formula is C19H26O3. The fourth-order valence-electron chi connectivity index (χ4n) is 6.30. The Morgan fingerprint density at radius 1 is 1.00 bits per heavy atom. The monoisotopic (exact) mass is 302 g/mol. The van der Waals surface area contributed by atoms with E-state index in [9.17, 15) is 14.7 Å². The van der Waals surface area contributed by atoms with Gasteiger partial charge in [-0.15, -0.1) is 0 Å². The van der Waals surface area contributed by atoms with Gasteiger partial charge in [-0.25, -0.2) is 0 Å². The number of fused-ring (bicyclic) bond motifs is 5. The van der Waals surface area contributed by atoms with Gasteiger partial charge in [-0.3, -0.25) is 9.59 Å². The van der Waals surface area contributed by atoms with Gasteiger partial charge in [0, 0.05) is 12.8 Å². The van der Waals surface area contributed by atoms with Gasteiger partial charge in [0.15, 0.2) is 5.78 Å². The van der Waals surface area contributed by atoms with Crippen LogP contribution in [0.4, 0.5) is 0 Å². The lowest BCUT2D eigenvalue weighted by Crippen LogP contribution is -2.60. The number of Topliss-reactive ketones (excluding diaryl/α,β-unsaturated/α-hetero) is 1. The number of hydrogen-bond acceptors (Lipinski definition) is 3. The van der Waals surface area contributed by atoms with Crippen LogP contribution in [0.3, 0.4) is 0 Å². The minimum Gasteiger partial charge on any atom is -0.389 e. The van der Waals surface area contributed by atoms with E-state index in [1.54, 1.807) is 0 Å². The highest BCUT2D eigenvalue weighted by Gasteiger charge is 2.66. The summed E-state index contributed by atoms with van der Waals surface area (Å²) in [5.74, 6) is 1.16. The smallest absolute Gasteiger partial charge is 0.155 e. The van der Waals surface area contributed by atoms with Crippen molar-refractivity contribution in [2.24, 2.45) is 22.7 Å². The maximum atomic E-state index is 12.4. The molecule has 3 heteroatoms. The van der Waals surface area contributed by atoms with Crippen LogP contribution in [0.25, 0.3) is 0 Å². The van der Waals surface area contributed by atoms with E-state index in [-0.39, 0.29) is 22.9 Å². The first-order valence-corrected chi connectivity index (χ1v) is 8.81. The third kappa shape index (κ3) is 1.56. The fraction of sp³-hybridized carbons (Fsp3) is 0.789. The Hall–Kier alpha value is -0.960. The summed E-state index contributed by atoms with van der Waals surface area (Å²) in [7, 11) is 0. The molecule has 120 valence electrons. The minimum absolute atomic E-state index is 0.0551. The molecule has 4 rings (SSSR count). The summed E-state index contributed by atoms with van der Waals surface area (Å²) in [5, 5.41) is 11.5. The molecule has 0 aromatic carbocycles. The lowest BCUT2D eigenvalue weighted by molar-refractivity contribution is -0.178. The van der Waals surface area contributed by atoms with E-state index in [2.05, 4.69) is 6.92 Å². The highest BCUT2D eigenvalue weighted by atomic mass is 16.3. The molecule has 5 atom stereocenters. The first-order chi connectivity index (χ1) is 10.3. The Labute approximate surface area is 132 Å². The lowest BCUT2D eigenvalue weighted by Gasteiger charge is -2.60. The standard InChI is InChI=1S/C19H26O3/c1-17-8-5-13(20)11-12(17)3-4-15-14(17)6-9-18(2)16(21)7-10-19(15,18)22/h11,14-15,22H,3-10H2,1-2H3/t14-,15+,17-,18+,19+/m1/s1. The maximum absolute atomic E-state index is 12.4. The van der Waals surface area contributed by atoms with Gasteiger partial charge < -0.3 is 5.11 Å². The number of aliphatic hydroxyl groups is 1. The van der Waals surface area contributed by atoms with Crippen molar-refractivity contribution >= 4 is 11.6 Å². The molecule has 0 amide bonds. The Morgan fingerprint density at radius 2 is 1.77 bits per heavy atom. The topological polar surface area (TPSA) is 54.4 Å². The highest BCUT2D eigenvalue weighted by Crippen LogP contribution is 2.65. The molecule has 0 saturated heterocycles. The van der Waals surface area contributed by atoms with E-state index < -0.39 is 11.0 Å². The van der Waals surface area contributed by atoms with Crippen molar-refractivity contribution in [3.8, 4) is 0 Å². The average molecular weight is 302 g/mol. The molecule has 0 radical (unpaired) electrons. The second kappa shape index (κ2) is 4.31. The quantitative estimate of drug-likeness (QED) is 0.747. The Bertz CT molecular complexity index is 591. The summed E-state index contributed by atoms with van der Waals surface area (Å²) in [5.41, 5.74) is 0.0141. The maximum Gasteiger partial charge on any atom is 0.155 e. The predicted molar refractivity (Wildman–Crippen MR) is 83.2 cm³/mol. The zero-order valence-electron chi connectivity index (χ0n) is 13.7. The van der Waals surface area contributed by atoms with Gasteiger partial charge in [0.2, 0.25) is 0 Å². The predicted octanol–water partition coefficient (Wildman–Crippen LogP) is 3.20. The third-order valence-electron chi connectivity index (χ3n) is 7.86. The van der Waals surface area contributed by atoms with Crippen LogP contribution in [0.2, 0.25) is 0 Å². The zero-order chi connectivity index (χ0) is 15.8. The van der Waals surface area contributed by atoms with Crippen molar-refractivity contribution in [2.75, 3.05) is 0 Å². The van der Waals surface area contributed by atoms with Crippen molar-refractivity contribution < 1.29 is 14.7 Å². The Kier molecular flexibility index (Phi) is 2.87. The molecule has 0 aliphatic heterocycles. The fourth-order valence-corrected chi connectivity index (χ4v) is 6.30. The van der Waals surface area contributed by atoms with E-state index >= 15 is 0 Å². The number of hydrogen-bond donors (Lipinski definition) is 1. The van der Waals surface area contributed by atoms with Crippen molar-refractivity contribution in [3.05, 3.63) is 11.6 Å². The number of ketones is 2. The molecule has 3 fully saturated rings. The van der Waals surface area contributed by atoms with Gasteiger partial charge in [-0.1, -0.05) is 12.5 Å². The van der Waals surface area contributed by atoms with Gasteiger partial charge >= 0.3 is 0 Å². The largest absolute Gasteiger partial charge is 0.389 e. The molecule has 0 spiro atoms. The first-order valence-electron chi connectivity index (χ1n) is 8.81. The van der Waals surface area contributed by atoms with Crippen LogP contribution in [0.1, 0.15) is 65.2 Å². The van der Waals surface area contributed by atoms with E-state index in [1.165, 1.54) is 5.57 Å². The molecule has 0 aromatic rings. The van der Waals surface area contributed by atoms with E-state index in [1.807, 2.05) is 13.0 Å². The summed E-state index contributed by atoms with van der Waals surface area (Å²) in [6.45, 7) is 4.29. The molecule has 3 nitrogen and oxygen atoms in total. The van der Waals surface area contributed by atoms with Gasteiger partial charge in [0.05, 0.1) is 11.0 Å². The normalized spacial score (nSPS) is 51.0. The van der Waals surface area contributed by atoms with Gasteiger partial charge in [-0.05, 0) is 68.8 Å². The summed E-state index contributed by atoms with van der Waals surface area (Å²) in [6, 6.07) is 0. The van der Waals surface area contributed by atoms with Gasteiger partial charge in [0.1, 0.15) is 5.78 Å². The van der Waals surface area contributed by atoms with Crippen molar-refractivity contribution in [1.29, 1.82) is 0 Å². The van der Waals surface area contributed by atoms with Crippen LogP contribution in [-0.4, -0.2) is 22.3 Å². The second-order valence-corrected chi connectivity index (χ2v) is 8.52. The molecule has 1 N–H and O–H groups in total. The SMILES string of the molecule is C[C@@]12CC[C@@H]3[C@H](CCC4=CC(=O)CC[C@]43C)[C@@]1(O)CCC2=O. The lowest BCUT2D eigenvalue weighted by atomic mass is 9.46. The molecule has 0 unspecified atom stereocenters. The zero-order valence-corrected chi connectivity index (χ0v) is 13.7. The number of carbonyl (C=O) groups is 2. The van der Waals surface area contributed by atoms with Crippen LogP contribution in [0.15, 0.2) is 11.6 Å². The minimum atomic E-state index is -0.816. The molecule has 3 saturated carbocycles. The number of carbonyl (C=O) groups excluding carboxylic acids is 2. The number of allylic oxidation sites excluding steroid dienone is 1.